The minimum atomic E-state index is -1.10. The Morgan fingerprint density at radius 2 is 0.789 bits per heavy atom. The van der Waals surface area contributed by atoms with Crippen molar-refractivity contribution in [1.82, 2.24) is 13.7 Å². The Bertz CT molecular complexity index is 5180. The van der Waals surface area contributed by atoms with E-state index in [1.807, 2.05) is 0 Å². The van der Waals surface area contributed by atoms with Gasteiger partial charge in [-0.15, -0.1) is 0 Å². The first-order valence-corrected chi connectivity index (χ1v) is 17.0. The zero-order valence-electron chi connectivity index (χ0n) is 60.6. The third-order valence-electron chi connectivity index (χ3n) is 9.62. The van der Waals surface area contributed by atoms with E-state index in [-0.39, 0.29) is 0 Å². The van der Waals surface area contributed by atoms with Crippen LogP contribution in [0.2, 0.25) is 0 Å². The third kappa shape index (κ3) is 4.66. The highest BCUT2D eigenvalue weighted by Crippen LogP contribution is 2.44. The molecule has 9 aromatic carbocycles. The van der Waals surface area contributed by atoms with Gasteiger partial charge in [-0.05, 0) is 59.5 Å². The lowest BCUT2D eigenvalue weighted by atomic mass is 9.95. The summed E-state index contributed by atoms with van der Waals surface area (Å²) in [5.74, 6) is 0. The predicted molar refractivity (Wildman–Crippen MR) is 240 cm³/mol. The Labute approximate surface area is 374 Å². The molecule has 3 heterocycles. The monoisotopic (exact) mass is 757 g/mol. The van der Waals surface area contributed by atoms with Crippen molar-refractivity contribution in [3.8, 4) is 39.3 Å². The van der Waals surface area contributed by atoms with Crippen LogP contribution in [-0.2, 0) is 0 Å². The number of hydrogen-bond acceptors (Lipinski definition) is 0. The van der Waals surface area contributed by atoms with Crippen LogP contribution in [0, 0.1) is 0 Å². The maximum absolute atomic E-state index is 10.6. The topological polar surface area (TPSA) is 14.8 Å². The number of para-hydroxylation sites is 5. The molecule has 0 bridgehead atoms. The highest BCUT2D eigenvalue weighted by molar-refractivity contribution is 6.17. The van der Waals surface area contributed by atoms with Crippen LogP contribution in [0.5, 0.6) is 0 Å². The van der Waals surface area contributed by atoms with Gasteiger partial charge in [-0.2, -0.15) is 0 Å². The van der Waals surface area contributed by atoms with Crippen LogP contribution in [0.25, 0.3) is 105 Å². The molecule has 266 valence electrons. The van der Waals surface area contributed by atoms with Gasteiger partial charge >= 0.3 is 0 Å². The summed E-state index contributed by atoms with van der Waals surface area (Å²) in [6, 6.07) is -26.7. The molecule has 0 aliphatic carbocycles. The highest BCUT2D eigenvalue weighted by atomic mass is 15.0. The molecule has 12 aromatic rings. The summed E-state index contributed by atoms with van der Waals surface area (Å²) in [6.07, 6.45) is 0. The minimum Gasteiger partial charge on any atom is -0.309 e. The molecule has 0 spiro atoms. The van der Waals surface area contributed by atoms with Crippen molar-refractivity contribution in [2.45, 2.75) is 0 Å². The standard InChI is InChI=1S/C54H35N3/c1-3-17-36(18-4-1)39-25-15-26-40(37-19-5-2-6-20-37)54(39)57-48-29-13-9-23-43(48)44-34-33-38(35-52(44)57)55-49-30-14-10-24-45(49)53-50(55)31-16-32-51(53)56-46-27-11-7-21-41(46)42-22-8-12-28-47(42)56/h1-35H/i1D,2D,3D,4D,5D,6D,7D,8D,9D,10D,11D,12D,13D,14D,16D,17D,18D,19D,20D,21D,22D,23D,24D,27D,28D,29D,30D,31D,32D,33D,34D,35D. The van der Waals surface area contributed by atoms with Gasteiger partial charge < -0.3 is 13.7 Å². The molecule has 0 saturated heterocycles. The molecule has 0 N–H and O–H groups in total. The molecule has 3 aromatic heterocycles. The molecular weight excluding hydrogens is 691 g/mol. The Hall–Kier alpha value is -7.62. The molecule has 0 aliphatic rings. The molecule has 57 heavy (non-hydrogen) atoms. The van der Waals surface area contributed by atoms with Crippen LogP contribution in [0.15, 0.2) is 212 Å². The fourth-order valence-corrected chi connectivity index (χ4v) is 7.39. The van der Waals surface area contributed by atoms with Crippen LogP contribution in [0.1, 0.15) is 43.9 Å². The van der Waals surface area contributed by atoms with Crippen molar-refractivity contribution in [2.75, 3.05) is 0 Å². The summed E-state index contributed by atoms with van der Waals surface area (Å²) in [7, 11) is 0. The number of aromatic nitrogens is 3. The normalized spacial score (nSPS) is 19.7. The predicted octanol–water partition coefficient (Wildman–Crippen LogP) is 14.3. The maximum Gasteiger partial charge on any atom is 0.0667 e. The first-order valence-electron chi connectivity index (χ1n) is 33.0. The molecule has 0 unspecified atom stereocenters. The van der Waals surface area contributed by atoms with E-state index in [4.69, 9.17) is 21.9 Å². The minimum absolute atomic E-state index is 0.479. The SMILES string of the molecule is [2H]c1c([2H])c([2H])c(-c2cccc(-c3c([2H])c([2H])c([2H])c([2H])c3[2H])c2-n2c3c([2H])c([2H])c([2H])c([2H])c3c3c([2H])c([2H])c(-n4c5c([2H])c([2H])c([2H])c([2H])c5c5c(-n6c7c([2H])c([2H])c([2H])c([2H])c7c7c([2H])c([2H])c([2H])c([2H])c76)c([2H])c([2H])c([2H])c54)c([2H])c32)c([2H])c1[2H]. The van der Waals surface area contributed by atoms with Crippen molar-refractivity contribution in [2.24, 2.45) is 0 Å². The molecule has 0 aliphatic heterocycles. The molecule has 0 fully saturated rings. The smallest absolute Gasteiger partial charge is 0.0667 e. The van der Waals surface area contributed by atoms with Gasteiger partial charge in [-0.3, -0.25) is 0 Å². The maximum atomic E-state index is 10.6. The number of rotatable bonds is 5. The summed E-state index contributed by atoms with van der Waals surface area (Å²) < 4.78 is 296. The van der Waals surface area contributed by atoms with Crippen LogP contribution < -0.4 is 0 Å². The van der Waals surface area contributed by atoms with E-state index in [1.54, 1.807) is 0 Å². The largest absolute Gasteiger partial charge is 0.309 e. The van der Waals surface area contributed by atoms with Crippen molar-refractivity contribution >= 4 is 65.4 Å². The van der Waals surface area contributed by atoms with Gasteiger partial charge in [0.2, 0.25) is 0 Å². The molecule has 0 atom stereocenters. The zero-order chi connectivity index (χ0) is 65.3. The summed E-state index contributed by atoms with van der Waals surface area (Å²) in [4.78, 5) is 0. The van der Waals surface area contributed by atoms with Gasteiger partial charge in [0.25, 0.3) is 0 Å². The van der Waals surface area contributed by atoms with Gasteiger partial charge in [0, 0.05) is 49.1 Å². The summed E-state index contributed by atoms with van der Waals surface area (Å²) >= 11 is 0. The van der Waals surface area contributed by atoms with Gasteiger partial charge in [0.15, 0.2) is 0 Å². The number of fused-ring (bicyclic) bond motifs is 9. The van der Waals surface area contributed by atoms with Crippen molar-refractivity contribution in [1.29, 1.82) is 0 Å². The van der Waals surface area contributed by atoms with Gasteiger partial charge in [-0.25, -0.2) is 0 Å². The molecule has 0 radical (unpaired) electrons. The van der Waals surface area contributed by atoms with E-state index in [2.05, 4.69) is 0 Å². The lowest BCUT2D eigenvalue weighted by Crippen LogP contribution is -2.01. The van der Waals surface area contributed by atoms with E-state index in [0.717, 1.165) is 21.3 Å². The molecule has 0 amide bonds. The molecular formula is C54H35N3. The van der Waals surface area contributed by atoms with Crippen LogP contribution in [0.4, 0.5) is 0 Å². The quantitative estimate of drug-likeness (QED) is 0.166. The second kappa shape index (κ2) is 12.5. The highest BCUT2D eigenvalue weighted by Gasteiger charge is 2.23. The lowest BCUT2D eigenvalue weighted by Gasteiger charge is -2.19. The Kier molecular flexibility index (Phi) is 2.96. The summed E-state index contributed by atoms with van der Waals surface area (Å²) in [6.45, 7) is 0. The van der Waals surface area contributed by atoms with E-state index < -0.39 is 298 Å². The fraction of sp³-hybridized carbons (Fsp3) is 0. The summed E-state index contributed by atoms with van der Waals surface area (Å²) in [5, 5.41) is -3.72. The Balaban J connectivity index is 1.40. The lowest BCUT2D eigenvalue weighted by molar-refractivity contribution is 1.15. The van der Waals surface area contributed by atoms with Gasteiger partial charge in [0.05, 0.1) is 88.3 Å². The molecule has 0 saturated carbocycles. The first kappa shape index (κ1) is 13.5. The van der Waals surface area contributed by atoms with E-state index in [9.17, 15) is 21.9 Å². The summed E-state index contributed by atoms with van der Waals surface area (Å²) in [5.41, 5.74) is -8.92. The second-order valence-corrected chi connectivity index (χ2v) is 12.5. The number of benzene rings is 9. The first-order chi connectivity index (χ1) is 41.6. The molecule has 3 nitrogen and oxygen atoms in total. The second-order valence-electron chi connectivity index (χ2n) is 12.5. The van der Waals surface area contributed by atoms with E-state index >= 15 is 0 Å². The van der Waals surface area contributed by atoms with Crippen LogP contribution in [-0.4, -0.2) is 13.7 Å². The van der Waals surface area contributed by atoms with E-state index in [1.165, 1.54) is 6.07 Å². The van der Waals surface area contributed by atoms with Crippen molar-refractivity contribution in [3.63, 3.8) is 0 Å². The fourth-order valence-electron chi connectivity index (χ4n) is 7.39. The van der Waals surface area contributed by atoms with Crippen molar-refractivity contribution in [3.05, 3.63) is 212 Å². The van der Waals surface area contributed by atoms with Crippen LogP contribution in [0.3, 0.4) is 0 Å². The van der Waals surface area contributed by atoms with Crippen molar-refractivity contribution < 1.29 is 43.9 Å². The third-order valence-corrected chi connectivity index (χ3v) is 9.62. The zero-order valence-corrected chi connectivity index (χ0v) is 28.6. The number of hydrogen-bond donors (Lipinski definition) is 0. The van der Waals surface area contributed by atoms with Gasteiger partial charge in [0.1, 0.15) is 0 Å². The molecule has 12 rings (SSSR count). The van der Waals surface area contributed by atoms with Gasteiger partial charge in [-0.1, -0.05) is 163 Å². The number of nitrogens with zero attached hydrogens (tertiary/aromatic N) is 3. The van der Waals surface area contributed by atoms with E-state index in [0.29, 0.717) is 4.57 Å². The Morgan fingerprint density at radius 3 is 1.37 bits per heavy atom. The average Bonchev–Trinajstić information content (AvgIpc) is 1.54. The van der Waals surface area contributed by atoms with Crippen LogP contribution >= 0.6 is 0 Å². The Morgan fingerprint density at radius 1 is 0.333 bits per heavy atom. The average molecular weight is 758 g/mol. The molecule has 3 heteroatoms.